The number of aromatic hydroxyl groups is 1. The van der Waals surface area contributed by atoms with Crippen LogP contribution in [0.5, 0.6) is 11.5 Å². The zero-order valence-electron chi connectivity index (χ0n) is 14.0. The molecule has 2 aromatic rings. The molecule has 0 radical (unpaired) electrons. The molecule has 1 heterocycles. The Morgan fingerprint density at radius 3 is 2.79 bits per heavy atom. The number of phenols is 1. The summed E-state index contributed by atoms with van der Waals surface area (Å²) in [4.78, 5) is 2.34. The van der Waals surface area contributed by atoms with Crippen LogP contribution in [0.4, 0.5) is 4.39 Å². The molecule has 3 rings (SSSR count). The van der Waals surface area contributed by atoms with Crippen LogP contribution in [-0.2, 0) is 6.54 Å². The van der Waals surface area contributed by atoms with E-state index in [4.69, 9.17) is 4.74 Å². The van der Waals surface area contributed by atoms with E-state index in [-0.39, 0.29) is 17.6 Å². The van der Waals surface area contributed by atoms with E-state index in [1.54, 1.807) is 25.3 Å². The Hall–Kier alpha value is -2.07. The molecule has 0 unspecified atom stereocenters. The van der Waals surface area contributed by atoms with Crippen molar-refractivity contribution >= 4 is 0 Å². The zero-order chi connectivity index (χ0) is 16.9. The molecule has 4 heteroatoms. The van der Waals surface area contributed by atoms with Gasteiger partial charge in [-0.15, -0.1) is 0 Å². The SMILES string of the molecule is COc1cccc(CN2CCCCC[C@@H]2c2cccc(F)c2)c1O. The number of hydrogen-bond donors (Lipinski definition) is 1. The highest BCUT2D eigenvalue weighted by atomic mass is 19.1. The summed E-state index contributed by atoms with van der Waals surface area (Å²) in [6.07, 6.45) is 4.46. The van der Waals surface area contributed by atoms with Gasteiger partial charge in [-0.2, -0.15) is 0 Å². The summed E-state index contributed by atoms with van der Waals surface area (Å²) in [5.74, 6) is 0.493. The van der Waals surface area contributed by atoms with Gasteiger partial charge in [-0.1, -0.05) is 37.1 Å². The summed E-state index contributed by atoms with van der Waals surface area (Å²) < 4.78 is 18.9. The molecule has 0 saturated carbocycles. The summed E-state index contributed by atoms with van der Waals surface area (Å²) in [5.41, 5.74) is 1.86. The maximum atomic E-state index is 13.7. The van der Waals surface area contributed by atoms with Gasteiger partial charge in [0.05, 0.1) is 7.11 Å². The molecule has 1 aliphatic rings. The van der Waals surface area contributed by atoms with Gasteiger partial charge in [-0.3, -0.25) is 4.90 Å². The van der Waals surface area contributed by atoms with Crippen LogP contribution >= 0.6 is 0 Å². The molecule has 1 aliphatic heterocycles. The van der Waals surface area contributed by atoms with Crippen LogP contribution in [0.15, 0.2) is 42.5 Å². The molecule has 0 bridgehead atoms. The minimum Gasteiger partial charge on any atom is -0.504 e. The number of halogens is 1. The summed E-state index contributed by atoms with van der Waals surface area (Å²) in [5, 5.41) is 10.4. The van der Waals surface area contributed by atoms with E-state index in [0.29, 0.717) is 12.3 Å². The van der Waals surface area contributed by atoms with E-state index in [9.17, 15) is 9.50 Å². The molecule has 1 fully saturated rings. The molecule has 1 saturated heterocycles. The molecule has 0 aliphatic carbocycles. The van der Waals surface area contributed by atoms with Gasteiger partial charge in [0.2, 0.25) is 0 Å². The van der Waals surface area contributed by atoms with Crippen LogP contribution in [0, 0.1) is 5.82 Å². The van der Waals surface area contributed by atoms with Gasteiger partial charge in [0, 0.05) is 18.2 Å². The number of para-hydroxylation sites is 1. The third-order valence-electron chi connectivity index (χ3n) is 4.77. The summed E-state index contributed by atoms with van der Waals surface area (Å²) in [6.45, 7) is 1.57. The second-order valence-electron chi connectivity index (χ2n) is 6.36. The second kappa shape index (κ2) is 7.67. The highest BCUT2D eigenvalue weighted by molar-refractivity contribution is 5.45. The minimum atomic E-state index is -0.194. The first kappa shape index (κ1) is 16.8. The van der Waals surface area contributed by atoms with Gasteiger partial charge < -0.3 is 9.84 Å². The molecule has 3 nitrogen and oxygen atoms in total. The minimum absolute atomic E-state index is 0.175. The molecule has 24 heavy (non-hydrogen) atoms. The van der Waals surface area contributed by atoms with E-state index < -0.39 is 0 Å². The molecule has 0 amide bonds. The second-order valence-corrected chi connectivity index (χ2v) is 6.36. The molecule has 2 aromatic carbocycles. The fourth-order valence-electron chi connectivity index (χ4n) is 3.53. The molecule has 1 N–H and O–H groups in total. The van der Waals surface area contributed by atoms with Crippen molar-refractivity contribution in [3.8, 4) is 11.5 Å². The van der Waals surface area contributed by atoms with Crippen LogP contribution in [-0.4, -0.2) is 23.7 Å². The number of rotatable bonds is 4. The van der Waals surface area contributed by atoms with E-state index in [1.165, 1.54) is 12.5 Å². The zero-order valence-corrected chi connectivity index (χ0v) is 14.0. The lowest BCUT2D eigenvalue weighted by molar-refractivity contribution is 0.189. The largest absolute Gasteiger partial charge is 0.504 e. The van der Waals surface area contributed by atoms with Crippen molar-refractivity contribution in [2.75, 3.05) is 13.7 Å². The third-order valence-corrected chi connectivity index (χ3v) is 4.77. The number of likely N-dealkylation sites (tertiary alicyclic amines) is 1. The van der Waals surface area contributed by atoms with Gasteiger partial charge in [0.25, 0.3) is 0 Å². The van der Waals surface area contributed by atoms with Crippen molar-refractivity contribution < 1.29 is 14.2 Å². The quantitative estimate of drug-likeness (QED) is 0.886. The van der Waals surface area contributed by atoms with Crippen molar-refractivity contribution in [2.45, 2.75) is 38.3 Å². The number of hydrogen-bond acceptors (Lipinski definition) is 3. The first-order chi connectivity index (χ1) is 11.7. The number of methoxy groups -OCH3 is 1. The van der Waals surface area contributed by atoms with E-state index >= 15 is 0 Å². The summed E-state index contributed by atoms with van der Waals surface area (Å²) in [6, 6.07) is 12.6. The normalized spacial score (nSPS) is 19.0. The number of benzene rings is 2. The molecular formula is C20H24FNO2. The van der Waals surface area contributed by atoms with Crippen LogP contribution in [0.1, 0.15) is 42.9 Å². The van der Waals surface area contributed by atoms with Crippen molar-refractivity contribution in [2.24, 2.45) is 0 Å². The number of ether oxygens (including phenoxy) is 1. The third kappa shape index (κ3) is 3.70. The first-order valence-corrected chi connectivity index (χ1v) is 8.53. The van der Waals surface area contributed by atoms with Crippen LogP contribution in [0.2, 0.25) is 0 Å². The Balaban J connectivity index is 1.88. The van der Waals surface area contributed by atoms with E-state index in [0.717, 1.165) is 36.9 Å². The smallest absolute Gasteiger partial charge is 0.162 e. The van der Waals surface area contributed by atoms with Gasteiger partial charge in [0.1, 0.15) is 5.82 Å². The fraction of sp³-hybridized carbons (Fsp3) is 0.400. The molecule has 128 valence electrons. The Morgan fingerprint density at radius 1 is 1.17 bits per heavy atom. The van der Waals surface area contributed by atoms with E-state index in [2.05, 4.69) is 4.90 Å². The maximum absolute atomic E-state index is 13.7. The fourth-order valence-corrected chi connectivity index (χ4v) is 3.53. The Labute approximate surface area is 142 Å². The molecule has 1 atom stereocenters. The van der Waals surface area contributed by atoms with Crippen LogP contribution < -0.4 is 4.74 Å². The average molecular weight is 329 g/mol. The highest BCUT2D eigenvalue weighted by Gasteiger charge is 2.24. The number of nitrogens with zero attached hydrogens (tertiary/aromatic N) is 1. The van der Waals surface area contributed by atoms with Crippen molar-refractivity contribution in [3.63, 3.8) is 0 Å². The standard InChI is InChI=1S/C20H24FNO2/c1-24-19-11-6-8-16(20(19)23)14-22-12-4-2-3-10-18(22)15-7-5-9-17(21)13-15/h5-9,11,13,18,23H,2-4,10,12,14H2,1H3/t18-/m1/s1. The maximum Gasteiger partial charge on any atom is 0.162 e. The van der Waals surface area contributed by atoms with Gasteiger partial charge >= 0.3 is 0 Å². The molecule has 0 aromatic heterocycles. The van der Waals surface area contributed by atoms with Crippen molar-refractivity contribution in [3.05, 3.63) is 59.4 Å². The van der Waals surface area contributed by atoms with Crippen LogP contribution in [0.25, 0.3) is 0 Å². The predicted molar refractivity (Wildman–Crippen MR) is 92.7 cm³/mol. The highest BCUT2D eigenvalue weighted by Crippen LogP contribution is 2.35. The molecule has 0 spiro atoms. The average Bonchev–Trinajstić information content (AvgIpc) is 2.82. The number of phenolic OH excluding ortho intramolecular Hbond substituents is 1. The Bertz CT molecular complexity index is 689. The Kier molecular flexibility index (Phi) is 5.36. The predicted octanol–water partition coefficient (Wildman–Crippen LogP) is 4.66. The first-order valence-electron chi connectivity index (χ1n) is 8.53. The van der Waals surface area contributed by atoms with Crippen molar-refractivity contribution in [1.29, 1.82) is 0 Å². The topological polar surface area (TPSA) is 32.7 Å². The monoisotopic (exact) mass is 329 g/mol. The molecular weight excluding hydrogens is 305 g/mol. The summed E-state index contributed by atoms with van der Waals surface area (Å²) >= 11 is 0. The van der Waals surface area contributed by atoms with Gasteiger partial charge in [-0.25, -0.2) is 4.39 Å². The van der Waals surface area contributed by atoms with Crippen LogP contribution in [0.3, 0.4) is 0 Å². The van der Waals surface area contributed by atoms with Gasteiger partial charge in [0.15, 0.2) is 11.5 Å². The Morgan fingerprint density at radius 2 is 2.00 bits per heavy atom. The lowest BCUT2D eigenvalue weighted by Gasteiger charge is -2.30. The van der Waals surface area contributed by atoms with E-state index in [1.807, 2.05) is 18.2 Å². The van der Waals surface area contributed by atoms with Gasteiger partial charge in [-0.05, 0) is 43.1 Å². The summed E-state index contributed by atoms with van der Waals surface area (Å²) in [7, 11) is 1.56. The lowest BCUT2D eigenvalue weighted by Crippen LogP contribution is -2.28. The van der Waals surface area contributed by atoms with Crippen molar-refractivity contribution in [1.82, 2.24) is 4.90 Å². The lowest BCUT2D eigenvalue weighted by atomic mass is 10.00.